The molecule has 1 nitrogen and oxygen atoms in total. The van der Waals surface area contributed by atoms with Gasteiger partial charge in [0.1, 0.15) is 11.9 Å². The Morgan fingerprint density at radius 2 is 2.12 bits per heavy atom. The molecule has 17 heavy (non-hydrogen) atoms. The van der Waals surface area contributed by atoms with Gasteiger partial charge in [-0.2, -0.15) is 0 Å². The number of hydrogen-bond acceptors (Lipinski definition) is 2. The number of aliphatic hydroxyl groups excluding tert-OH is 1. The Morgan fingerprint density at radius 1 is 1.41 bits per heavy atom. The topological polar surface area (TPSA) is 20.2 Å². The summed E-state index contributed by atoms with van der Waals surface area (Å²) >= 11 is 10.5. The van der Waals surface area contributed by atoms with Crippen LogP contribution in [0.25, 0.3) is 0 Å². The van der Waals surface area contributed by atoms with Crippen molar-refractivity contribution in [2.75, 3.05) is 0 Å². The van der Waals surface area contributed by atoms with Crippen molar-refractivity contribution < 1.29 is 9.50 Å². The SMILES string of the molecule is Cc1cc(C(O)c2cc(Br)ccc2F)sc1Cl. The van der Waals surface area contributed by atoms with Crippen LogP contribution in [-0.4, -0.2) is 5.11 Å². The van der Waals surface area contributed by atoms with Crippen molar-refractivity contribution in [2.24, 2.45) is 0 Å². The van der Waals surface area contributed by atoms with E-state index < -0.39 is 11.9 Å². The molecule has 0 aliphatic rings. The number of rotatable bonds is 2. The molecular weight excluding hydrogens is 327 g/mol. The molecule has 0 fully saturated rings. The Hall–Kier alpha value is -0.420. The Kier molecular flexibility index (Phi) is 3.88. The minimum Gasteiger partial charge on any atom is -0.383 e. The molecule has 0 saturated heterocycles. The average Bonchev–Trinajstić information content (AvgIpc) is 2.62. The van der Waals surface area contributed by atoms with E-state index in [1.165, 1.54) is 17.4 Å². The minimum absolute atomic E-state index is 0.247. The van der Waals surface area contributed by atoms with Crippen LogP contribution in [0.5, 0.6) is 0 Å². The normalized spacial score (nSPS) is 12.8. The molecule has 0 aliphatic carbocycles. The summed E-state index contributed by atoms with van der Waals surface area (Å²) in [6.07, 6.45) is -0.983. The van der Waals surface area contributed by atoms with Gasteiger partial charge in [0.2, 0.25) is 0 Å². The third-order valence-electron chi connectivity index (χ3n) is 2.40. The second-order valence-electron chi connectivity index (χ2n) is 3.67. The van der Waals surface area contributed by atoms with Crippen molar-refractivity contribution in [3.05, 3.63) is 54.9 Å². The van der Waals surface area contributed by atoms with Gasteiger partial charge in [-0.3, -0.25) is 0 Å². The minimum atomic E-state index is -0.983. The smallest absolute Gasteiger partial charge is 0.129 e. The molecule has 0 amide bonds. The Balaban J connectivity index is 2.42. The van der Waals surface area contributed by atoms with Crippen LogP contribution >= 0.6 is 38.9 Å². The van der Waals surface area contributed by atoms with Crippen molar-refractivity contribution in [1.29, 1.82) is 0 Å². The fraction of sp³-hybridized carbons (Fsp3) is 0.167. The zero-order chi connectivity index (χ0) is 12.6. The molecule has 0 aliphatic heterocycles. The van der Waals surface area contributed by atoms with Crippen molar-refractivity contribution >= 4 is 38.9 Å². The molecule has 2 rings (SSSR count). The molecule has 0 spiro atoms. The van der Waals surface area contributed by atoms with Crippen molar-refractivity contribution in [2.45, 2.75) is 13.0 Å². The highest BCUT2D eigenvalue weighted by atomic mass is 79.9. The molecule has 0 bridgehead atoms. The summed E-state index contributed by atoms with van der Waals surface area (Å²) in [6, 6.07) is 6.27. The van der Waals surface area contributed by atoms with Gasteiger partial charge in [0.15, 0.2) is 0 Å². The summed E-state index contributed by atoms with van der Waals surface area (Å²) in [7, 11) is 0. The molecule has 1 aromatic carbocycles. The molecule has 0 saturated carbocycles. The first kappa shape index (κ1) is 13.0. The van der Waals surface area contributed by atoms with Crippen LogP contribution < -0.4 is 0 Å². The molecule has 1 heterocycles. The summed E-state index contributed by atoms with van der Waals surface area (Å²) in [6.45, 7) is 1.85. The number of thiophene rings is 1. The summed E-state index contributed by atoms with van der Waals surface area (Å²) in [5.41, 5.74) is 1.14. The standard InChI is InChI=1S/C12H9BrClFOS/c1-6-4-10(17-12(6)14)11(16)8-5-7(13)2-3-9(8)15/h2-5,11,16H,1H3. The van der Waals surface area contributed by atoms with Gasteiger partial charge in [-0.1, -0.05) is 27.5 Å². The van der Waals surface area contributed by atoms with E-state index in [-0.39, 0.29) is 5.56 Å². The highest BCUT2D eigenvalue weighted by Gasteiger charge is 2.18. The molecule has 1 N–H and O–H groups in total. The van der Waals surface area contributed by atoms with Gasteiger partial charge in [-0.25, -0.2) is 4.39 Å². The Bertz CT molecular complexity index is 536. The van der Waals surface area contributed by atoms with Gasteiger partial charge in [0.05, 0.1) is 4.34 Å². The van der Waals surface area contributed by atoms with Crippen LogP contribution in [0.3, 0.4) is 0 Å². The summed E-state index contributed by atoms with van der Waals surface area (Å²) in [5.74, 6) is -0.428. The number of aliphatic hydroxyl groups is 1. The fourth-order valence-corrected chi connectivity index (χ4v) is 3.10. The van der Waals surface area contributed by atoms with Crippen LogP contribution in [0.15, 0.2) is 28.7 Å². The first-order valence-electron chi connectivity index (χ1n) is 4.88. The Morgan fingerprint density at radius 3 is 2.71 bits per heavy atom. The lowest BCUT2D eigenvalue weighted by Gasteiger charge is -2.10. The molecular formula is C12H9BrClFOS. The van der Waals surface area contributed by atoms with E-state index in [9.17, 15) is 9.50 Å². The average molecular weight is 336 g/mol. The van der Waals surface area contributed by atoms with Crippen molar-refractivity contribution in [3.8, 4) is 0 Å². The molecule has 5 heteroatoms. The Labute approximate surface area is 116 Å². The molecule has 1 atom stereocenters. The van der Waals surface area contributed by atoms with E-state index in [0.29, 0.717) is 9.21 Å². The lowest BCUT2D eigenvalue weighted by atomic mass is 10.1. The largest absolute Gasteiger partial charge is 0.383 e. The summed E-state index contributed by atoms with van der Waals surface area (Å²) in [4.78, 5) is 0.643. The fourth-order valence-electron chi connectivity index (χ4n) is 1.50. The number of hydrogen-bond donors (Lipinski definition) is 1. The van der Waals surface area contributed by atoms with Gasteiger partial charge < -0.3 is 5.11 Å². The summed E-state index contributed by atoms with van der Waals surface area (Å²) < 4.78 is 15.0. The van der Waals surface area contributed by atoms with Crippen molar-refractivity contribution in [1.82, 2.24) is 0 Å². The van der Waals surface area contributed by atoms with Crippen LogP contribution in [0.1, 0.15) is 22.1 Å². The van der Waals surface area contributed by atoms with Crippen LogP contribution in [0.2, 0.25) is 4.34 Å². The van der Waals surface area contributed by atoms with Crippen LogP contribution in [-0.2, 0) is 0 Å². The van der Waals surface area contributed by atoms with Gasteiger partial charge >= 0.3 is 0 Å². The number of halogens is 3. The lowest BCUT2D eigenvalue weighted by molar-refractivity contribution is 0.218. The summed E-state index contributed by atoms with van der Waals surface area (Å²) in [5, 5.41) is 10.1. The van der Waals surface area contributed by atoms with E-state index in [0.717, 1.165) is 10.0 Å². The maximum Gasteiger partial charge on any atom is 0.129 e. The first-order chi connectivity index (χ1) is 7.99. The van der Waals surface area contributed by atoms with E-state index in [2.05, 4.69) is 15.9 Å². The highest BCUT2D eigenvalue weighted by molar-refractivity contribution is 9.10. The van der Waals surface area contributed by atoms with E-state index in [4.69, 9.17) is 11.6 Å². The zero-order valence-corrected chi connectivity index (χ0v) is 12.0. The first-order valence-corrected chi connectivity index (χ1v) is 6.86. The zero-order valence-electron chi connectivity index (χ0n) is 8.88. The monoisotopic (exact) mass is 334 g/mol. The molecule has 2 aromatic rings. The number of aryl methyl sites for hydroxylation is 1. The van der Waals surface area contributed by atoms with E-state index >= 15 is 0 Å². The van der Waals surface area contributed by atoms with E-state index in [1.807, 2.05) is 6.92 Å². The van der Waals surface area contributed by atoms with Crippen LogP contribution in [0.4, 0.5) is 4.39 Å². The maximum atomic E-state index is 13.6. The number of benzene rings is 1. The predicted molar refractivity (Wildman–Crippen MR) is 72.2 cm³/mol. The lowest BCUT2D eigenvalue weighted by Crippen LogP contribution is -2.00. The second kappa shape index (κ2) is 5.06. The van der Waals surface area contributed by atoms with Gasteiger partial charge in [0, 0.05) is 14.9 Å². The van der Waals surface area contributed by atoms with Gasteiger partial charge in [-0.05, 0) is 36.8 Å². The van der Waals surface area contributed by atoms with Crippen LogP contribution in [0, 0.1) is 12.7 Å². The van der Waals surface area contributed by atoms with Gasteiger partial charge in [0.25, 0.3) is 0 Å². The molecule has 1 aromatic heterocycles. The maximum absolute atomic E-state index is 13.6. The molecule has 90 valence electrons. The molecule has 0 radical (unpaired) electrons. The van der Waals surface area contributed by atoms with E-state index in [1.54, 1.807) is 18.2 Å². The van der Waals surface area contributed by atoms with Gasteiger partial charge in [-0.15, -0.1) is 11.3 Å². The third kappa shape index (κ3) is 2.71. The molecule has 1 unspecified atom stereocenters. The predicted octanol–water partition coefficient (Wildman–Crippen LogP) is 4.69. The highest BCUT2D eigenvalue weighted by Crippen LogP contribution is 2.35. The third-order valence-corrected chi connectivity index (χ3v) is 4.50. The quantitative estimate of drug-likeness (QED) is 0.844. The van der Waals surface area contributed by atoms with Crippen molar-refractivity contribution in [3.63, 3.8) is 0 Å². The second-order valence-corrected chi connectivity index (χ2v) is 6.28.